The van der Waals surface area contributed by atoms with Crippen molar-refractivity contribution in [3.63, 3.8) is 0 Å². The second-order valence-corrected chi connectivity index (χ2v) is 5.00. The van der Waals surface area contributed by atoms with Gasteiger partial charge in [0.2, 0.25) is 0 Å². The predicted molar refractivity (Wildman–Crippen MR) is 76.7 cm³/mol. The molecular weight excluding hydrogens is 240 g/mol. The SMILES string of the molecule is CCCCCCCCCC(=O)c1cc(O)ccc1O. The van der Waals surface area contributed by atoms with Crippen molar-refractivity contribution in [2.75, 3.05) is 0 Å². The highest BCUT2D eigenvalue weighted by Gasteiger charge is 2.11. The molecule has 0 aromatic heterocycles. The summed E-state index contributed by atoms with van der Waals surface area (Å²) >= 11 is 0. The summed E-state index contributed by atoms with van der Waals surface area (Å²) in [6.07, 6.45) is 8.54. The maximum atomic E-state index is 11.9. The first-order valence-electron chi connectivity index (χ1n) is 7.20. The molecule has 0 fully saturated rings. The van der Waals surface area contributed by atoms with E-state index in [1.807, 2.05) is 0 Å². The van der Waals surface area contributed by atoms with E-state index in [-0.39, 0.29) is 22.8 Å². The van der Waals surface area contributed by atoms with Gasteiger partial charge >= 0.3 is 0 Å². The second-order valence-electron chi connectivity index (χ2n) is 5.00. The average Bonchev–Trinajstić information content (AvgIpc) is 2.40. The van der Waals surface area contributed by atoms with Crippen LogP contribution in [0.1, 0.15) is 68.6 Å². The van der Waals surface area contributed by atoms with Gasteiger partial charge in [0.15, 0.2) is 5.78 Å². The Balaban J connectivity index is 2.26. The van der Waals surface area contributed by atoms with E-state index in [1.54, 1.807) is 0 Å². The molecule has 1 aromatic carbocycles. The Morgan fingerprint density at radius 3 is 2.32 bits per heavy atom. The summed E-state index contributed by atoms with van der Waals surface area (Å²) in [5, 5.41) is 18.9. The van der Waals surface area contributed by atoms with Crippen LogP contribution in [0.2, 0.25) is 0 Å². The van der Waals surface area contributed by atoms with Crippen LogP contribution in [0.25, 0.3) is 0 Å². The topological polar surface area (TPSA) is 57.5 Å². The molecule has 3 heteroatoms. The van der Waals surface area contributed by atoms with Crippen LogP contribution < -0.4 is 0 Å². The van der Waals surface area contributed by atoms with Crippen molar-refractivity contribution in [2.45, 2.75) is 58.3 Å². The molecule has 0 amide bonds. The van der Waals surface area contributed by atoms with E-state index >= 15 is 0 Å². The molecule has 0 spiro atoms. The fourth-order valence-corrected chi connectivity index (χ4v) is 2.12. The average molecular weight is 264 g/mol. The Kier molecular flexibility index (Phi) is 7.01. The third-order valence-corrected chi connectivity index (χ3v) is 3.29. The van der Waals surface area contributed by atoms with Crippen molar-refractivity contribution >= 4 is 5.78 Å². The standard InChI is InChI=1S/C16H24O3/c1-2-3-4-5-6-7-8-9-15(18)14-12-13(17)10-11-16(14)19/h10-12,17,19H,2-9H2,1H3. The molecule has 0 aliphatic rings. The number of phenols is 2. The van der Waals surface area contributed by atoms with Crippen LogP contribution >= 0.6 is 0 Å². The third kappa shape index (κ3) is 5.77. The Bertz CT molecular complexity index is 399. The summed E-state index contributed by atoms with van der Waals surface area (Å²) in [7, 11) is 0. The Hall–Kier alpha value is -1.51. The fourth-order valence-electron chi connectivity index (χ4n) is 2.12. The molecule has 0 heterocycles. The van der Waals surface area contributed by atoms with Crippen molar-refractivity contribution in [3.8, 4) is 11.5 Å². The smallest absolute Gasteiger partial charge is 0.166 e. The summed E-state index contributed by atoms with van der Waals surface area (Å²) in [5.41, 5.74) is 0.228. The summed E-state index contributed by atoms with van der Waals surface area (Å²) in [6.45, 7) is 2.19. The lowest BCUT2D eigenvalue weighted by Crippen LogP contribution is -1.99. The number of carbonyl (C=O) groups is 1. The van der Waals surface area contributed by atoms with E-state index in [0.29, 0.717) is 6.42 Å². The monoisotopic (exact) mass is 264 g/mol. The lowest BCUT2D eigenvalue weighted by molar-refractivity contribution is 0.0976. The normalized spacial score (nSPS) is 10.6. The maximum Gasteiger partial charge on any atom is 0.166 e. The van der Waals surface area contributed by atoms with E-state index in [9.17, 15) is 15.0 Å². The van der Waals surface area contributed by atoms with Crippen LogP contribution in [-0.2, 0) is 0 Å². The van der Waals surface area contributed by atoms with Gasteiger partial charge in [-0.25, -0.2) is 0 Å². The lowest BCUT2D eigenvalue weighted by Gasteiger charge is -2.05. The molecule has 0 bridgehead atoms. The first kappa shape index (κ1) is 15.5. The minimum atomic E-state index is -0.0954. The zero-order valence-corrected chi connectivity index (χ0v) is 11.7. The molecule has 0 unspecified atom stereocenters. The van der Waals surface area contributed by atoms with Crippen molar-refractivity contribution < 1.29 is 15.0 Å². The zero-order valence-electron chi connectivity index (χ0n) is 11.7. The largest absolute Gasteiger partial charge is 0.508 e. The van der Waals surface area contributed by atoms with Crippen LogP contribution in [0, 0.1) is 0 Å². The van der Waals surface area contributed by atoms with E-state index < -0.39 is 0 Å². The molecule has 3 nitrogen and oxygen atoms in total. The minimum absolute atomic E-state index is 0.0146. The van der Waals surface area contributed by atoms with Crippen molar-refractivity contribution in [3.05, 3.63) is 23.8 Å². The van der Waals surface area contributed by atoms with E-state index in [2.05, 4.69) is 6.92 Å². The number of unbranched alkanes of at least 4 members (excludes halogenated alkanes) is 6. The van der Waals surface area contributed by atoms with Gasteiger partial charge in [0.25, 0.3) is 0 Å². The highest BCUT2D eigenvalue weighted by atomic mass is 16.3. The van der Waals surface area contributed by atoms with Crippen LogP contribution in [0.15, 0.2) is 18.2 Å². The van der Waals surface area contributed by atoms with Crippen LogP contribution in [0.5, 0.6) is 11.5 Å². The van der Waals surface area contributed by atoms with Crippen LogP contribution in [0.3, 0.4) is 0 Å². The Labute approximate surface area is 115 Å². The molecule has 0 aliphatic carbocycles. The molecule has 0 aliphatic heterocycles. The summed E-state index contributed by atoms with van der Waals surface area (Å²) in [4.78, 5) is 11.9. The number of ketones is 1. The minimum Gasteiger partial charge on any atom is -0.508 e. The Morgan fingerprint density at radius 1 is 1.00 bits per heavy atom. The van der Waals surface area contributed by atoms with Gasteiger partial charge in [0, 0.05) is 6.42 Å². The zero-order chi connectivity index (χ0) is 14.1. The van der Waals surface area contributed by atoms with Gasteiger partial charge in [-0.15, -0.1) is 0 Å². The molecular formula is C16H24O3. The number of hydrogen-bond acceptors (Lipinski definition) is 3. The van der Waals surface area contributed by atoms with Gasteiger partial charge < -0.3 is 10.2 Å². The molecule has 0 saturated carbocycles. The fraction of sp³-hybridized carbons (Fsp3) is 0.562. The summed E-state index contributed by atoms with van der Waals surface area (Å²) in [6, 6.07) is 4.06. The quantitative estimate of drug-likeness (QED) is 0.394. The number of rotatable bonds is 9. The summed E-state index contributed by atoms with van der Waals surface area (Å²) in [5.74, 6) is -0.131. The maximum absolute atomic E-state index is 11.9. The molecule has 19 heavy (non-hydrogen) atoms. The van der Waals surface area contributed by atoms with Gasteiger partial charge in [0.1, 0.15) is 11.5 Å². The number of aromatic hydroxyl groups is 2. The molecule has 0 radical (unpaired) electrons. The third-order valence-electron chi connectivity index (χ3n) is 3.29. The van der Waals surface area contributed by atoms with Crippen molar-refractivity contribution in [2.24, 2.45) is 0 Å². The van der Waals surface area contributed by atoms with E-state index in [0.717, 1.165) is 12.8 Å². The number of phenolic OH excluding ortho intramolecular Hbond substituents is 2. The van der Waals surface area contributed by atoms with Gasteiger partial charge in [0.05, 0.1) is 5.56 Å². The number of carbonyl (C=O) groups excluding carboxylic acids is 1. The molecule has 1 aromatic rings. The summed E-state index contributed by atoms with van der Waals surface area (Å²) < 4.78 is 0. The van der Waals surface area contributed by atoms with E-state index in [4.69, 9.17) is 0 Å². The highest BCUT2D eigenvalue weighted by molar-refractivity contribution is 5.98. The molecule has 0 saturated heterocycles. The van der Waals surface area contributed by atoms with Crippen LogP contribution in [0.4, 0.5) is 0 Å². The lowest BCUT2D eigenvalue weighted by atomic mass is 10.0. The van der Waals surface area contributed by atoms with Gasteiger partial charge in [-0.2, -0.15) is 0 Å². The van der Waals surface area contributed by atoms with Crippen molar-refractivity contribution in [1.82, 2.24) is 0 Å². The number of hydrogen-bond donors (Lipinski definition) is 2. The predicted octanol–water partition coefficient (Wildman–Crippen LogP) is 4.42. The van der Waals surface area contributed by atoms with Gasteiger partial charge in [-0.1, -0.05) is 45.4 Å². The molecule has 0 atom stereocenters. The van der Waals surface area contributed by atoms with Crippen molar-refractivity contribution in [1.29, 1.82) is 0 Å². The molecule has 106 valence electrons. The highest BCUT2D eigenvalue weighted by Crippen LogP contribution is 2.24. The van der Waals surface area contributed by atoms with E-state index in [1.165, 1.54) is 50.3 Å². The number of benzene rings is 1. The Morgan fingerprint density at radius 2 is 1.63 bits per heavy atom. The molecule has 1 rings (SSSR count). The number of Topliss-reactive ketones (excluding diaryl/α,β-unsaturated/α-hetero) is 1. The van der Waals surface area contributed by atoms with Gasteiger partial charge in [-0.05, 0) is 24.6 Å². The van der Waals surface area contributed by atoms with Gasteiger partial charge in [-0.3, -0.25) is 4.79 Å². The first-order chi connectivity index (χ1) is 9.15. The molecule has 2 N–H and O–H groups in total. The first-order valence-corrected chi connectivity index (χ1v) is 7.20. The second kappa shape index (κ2) is 8.57. The van der Waals surface area contributed by atoms with Crippen LogP contribution in [-0.4, -0.2) is 16.0 Å².